The van der Waals surface area contributed by atoms with Crippen LogP contribution in [0.5, 0.6) is 0 Å². The van der Waals surface area contributed by atoms with E-state index >= 15 is 0 Å². The molecule has 162 valence electrons. The predicted octanol–water partition coefficient (Wildman–Crippen LogP) is 2.36. The van der Waals surface area contributed by atoms with Crippen molar-refractivity contribution in [2.75, 3.05) is 6.61 Å². The Bertz CT molecular complexity index is 1450. The lowest BCUT2D eigenvalue weighted by molar-refractivity contribution is 0.0520. The third-order valence-electron chi connectivity index (χ3n) is 5.52. The van der Waals surface area contributed by atoms with Crippen LogP contribution in [0.1, 0.15) is 46.8 Å². The molecule has 1 aliphatic carbocycles. The number of aromatic amines is 2. The van der Waals surface area contributed by atoms with E-state index in [2.05, 4.69) is 20.1 Å². The van der Waals surface area contributed by atoms with Crippen LogP contribution in [0.2, 0.25) is 0 Å². The van der Waals surface area contributed by atoms with Crippen LogP contribution in [0.25, 0.3) is 16.9 Å². The molecule has 1 fully saturated rings. The third kappa shape index (κ3) is 3.49. The molecule has 1 aliphatic rings. The Hall–Kier alpha value is -4.08. The molecule has 0 amide bonds. The van der Waals surface area contributed by atoms with E-state index in [0.29, 0.717) is 11.3 Å². The van der Waals surface area contributed by atoms with Crippen molar-refractivity contribution in [3.8, 4) is 11.3 Å². The van der Waals surface area contributed by atoms with Crippen molar-refractivity contribution < 1.29 is 13.9 Å². The normalized spacial score (nSPS) is 17.4. The second kappa shape index (κ2) is 7.56. The molecule has 2 N–H and O–H groups in total. The molecule has 3 aromatic heterocycles. The molecule has 1 aromatic carbocycles. The molecule has 0 bridgehead atoms. The van der Waals surface area contributed by atoms with Crippen LogP contribution >= 0.6 is 0 Å². The highest BCUT2D eigenvalue weighted by Crippen LogP contribution is 2.55. The van der Waals surface area contributed by atoms with Crippen molar-refractivity contribution in [1.29, 1.82) is 0 Å². The van der Waals surface area contributed by atoms with E-state index in [1.165, 1.54) is 29.0 Å². The van der Waals surface area contributed by atoms with E-state index in [4.69, 9.17) is 4.74 Å². The number of carbonyl (C=O) groups is 1. The molecule has 0 unspecified atom stereocenters. The summed E-state index contributed by atoms with van der Waals surface area (Å²) in [5.74, 6) is -0.683. The number of nitrogens with one attached hydrogen (secondary N) is 2. The van der Waals surface area contributed by atoms with Crippen molar-refractivity contribution in [3.63, 3.8) is 0 Å². The number of imidazole rings is 1. The minimum atomic E-state index is -0.620. The molecule has 0 aliphatic heterocycles. The number of fused-ring (bicyclic) bond motifs is 1. The summed E-state index contributed by atoms with van der Waals surface area (Å²) in [7, 11) is 0. The average molecular weight is 435 g/mol. The van der Waals surface area contributed by atoms with Gasteiger partial charge in [-0.1, -0.05) is 12.1 Å². The molecule has 10 heteroatoms. The summed E-state index contributed by atoms with van der Waals surface area (Å²) in [4.78, 5) is 45.0. The molecule has 0 saturated heterocycles. The quantitative estimate of drug-likeness (QED) is 0.464. The summed E-state index contributed by atoms with van der Waals surface area (Å²) in [6.45, 7) is 1.91. The first-order chi connectivity index (χ1) is 15.4. The number of benzene rings is 1. The molecule has 2 atom stereocenters. The van der Waals surface area contributed by atoms with Crippen molar-refractivity contribution in [1.82, 2.24) is 24.6 Å². The number of H-pyrrole nitrogens is 2. The Labute approximate surface area is 179 Å². The van der Waals surface area contributed by atoms with Crippen LogP contribution in [-0.2, 0) is 4.74 Å². The highest BCUT2D eigenvalue weighted by atomic mass is 19.1. The van der Waals surface area contributed by atoms with Gasteiger partial charge in [-0.3, -0.25) is 9.78 Å². The Morgan fingerprint density at radius 1 is 1.25 bits per heavy atom. The fourth-order valence-electron chi connectivity index (χ4n) is 3.93. The van der Waals surface area contributed by atoms with Crippen LogP contribution in [0.15, 0.2) is 52.3 Å². The number of hydrogen-bond donors (Lipinski definition) is 2. The van der Waals surface area contributed by atoms with Crippen molar-refractivity contribution >= 4 is 11.6 Å². The lowest BCUT2D eigenvalue weighted by Crippen LogP contribution is -2.23. The van der Waals surface area contributed by atoms with Crippen LogP contribution in [-0.4, -0.2) is 37.1 Å². The van der Waals surface area contributed by atoms with Gasteiger partial charge in [-0.2, -0.15) is 5.10 Å². The van der Waals surface area contributed by atoms with Gasteiger partial charge >= 0.3 is 11.7 Å². The van der Waals surface area contributed by atoms with E-state index in [1.807, 2.05) is 0 Å². The number of rotatable bonds is 5. The number of hydrogen-bond acceptors (Lipinski definition) is 6. The fourth-order valence-corrected chi connectivity index (χ4v) is 3.93. The first-order valence-electron chi connectivity index (χ1n) is 10.1. The molecule has 9 nitrogen and oxygen atoms in total. The van der Waals surface area contributed by atoms with Crippen LogP contribution in [0.3, 0.4) is 0 Å². The van der Waals surface area contributed by atoms with Crippen molar-refractivity contribution in [2.24, 2.45) is 0 Å². The van der Waals surface area contributed by atoms with Gasteiger partial charge in [0.15, 0.2) is 11.3 Å². The average Bonchev–Trinajstić information content (AvgIpc) is 3.43. The topological polar surface area (TPSA) is 122 Å². The Morgan fingerprint density at radius 2 is 2.03 bits per heavy atom. The lowest BCUT2D eigenvalue weighted by Gasteiger charge is -2.07. The summed E-state index contributed by atoms with van der Waals surface area (Å²) >= 11 is 0. The van der Waals surface area contributed by atoms with Gasteiger partial charge in [0, 0.05) is 11.8 Å². The van der Waals surface area contributed by atoms with Crippen molar-refractivity contribution in [2.45, 2.75) is 25.2 Å². The number of nitrogens with zero attached hydrogens (tertiary/aromatic N) is 3. The van der Waals surface area contributed by atoms with Gasteiger partial charge in [0.25, 0.3) is 5.56 Å². The minimum Gasteiger partial charge on any atom is -0.461 e. The predicted molar refractivity (Wildman–Crippen MR) is 112 cm³/mol. The summed E-state index contributed by atoms with van der Waals surface area (Å²) in [5, 5.41) is 4.43. The minimum absolute atomic E-state index is 0.0454. The number of ether oxygens (including phenoxy) is 1. The van der Waals surface area contributed by atoms with E-state index in [0.717, 1.165) is 17.5 Å². The molecular weight excluding hydrogens is 417 g/mol. The van der Waals surface area contributed by atoms with E-state index in [-0.39, 0.29) is 35.5 Å². The highest BCUT2D eigenvalue weighted by molar-refractivity contribution is 5.88. The van der Waals surface area contributed by atoms with Gasteiger partial charge in [0.2, 0.25) is 0 Å². The maximum absolute atomic E-state index is 13.3. The van der Waals surface area contributed by atoms with E-state index in [9.17, 15) is 18.8 Å². The lowest BCUT2D eigenvalue weighted by atomic mass is 10.0. The molecule has 0 radical (unpaired) electrons. The number of esters is 1. The largest absolute Gasteiger partial charge is 0.461 e. The van der Waals surface area contributed by atoms with Crippen LogP contribution in [0.4, 0.5) is 4.39 Å². The second-order valence-electron chi connectivity index (χ2n) is 7.59. The Kier molecular flexibility index (Phi) is 4.69. The van der Waals surface area contributed by atoms with Gasteiger partial charge in [0.1, 0.15) is 5.82 Å². The highest BCUT2D eigenvalue weighted by Gasteiger charge is 2.41. The Morgan fingerprint density at radius 3 is 2.75 bits per heavy atom. The van der Waals surface area contributed by atoms with E-state index < -0.39 is 17.2 Å². The summed E-state index contributed by atoms with van der Waals surface area (Å²) in [6.07, 6.45) is 3.55. The van der Waals surface area contributed by atoms with Gasteiger partial charge in [-0.15, -0.1) is 0 Å². The first-order valence-corrected chi connectivity index (χ1v) is 10.1. The van der Waals surface area contributed by atoms with Gasteiger partial charge in [0.05, 0.1) is 24.1 Å². The molecule has 4 aromatic rings. The van der Waals surface area contributed by atoms with Crippen LogP contribution < -0.4 is 11.2 Å². The van der Waals surface area contributed by atoms with Gasteiger partial charge in [-0.05, 0) is 48.9 Å². The molecule has 1 saturated carbocycles. The number of aromatic nitrogens is 5. The van der Waals surface area contributed by atoms with Gasteiger partial charge in [-0.25, -0.2) is 23.5 Å². The smallest absolute Gasteiger partial charge is 0.358 e. The first kappa shape index (κ1) is 19.9. The number of halogens is 1. The van der Waals surface area contributed by atoms with Gasteiger partial charge < -0.3 is 9.72 Å². The van der Waals surface area contributed by atoms with Crippen molar-refractivity contribution in [3.05, 3.63) is 86.2 Å². The third-order valence-corrected chi connectivity index (χ3v) is 5.52. The molecular formula is C22H18FN5O4. The van der Waals surface area contributed by atoms with Crippen LogP contribution in [0, 0.1) is 5.82 Å². The zero-order chi connectivity index (χ0) is 22.4. The molecule has 3 heterocycles. The molecule has 0 spiro atoms. The maximum Gasteiger partial charge on any atom is 0.358 e. The molecule has 5 rings (SSSR count). The Balaban J connectivity index is 1.64. The number of carbonyl (C=O) groups excluding carboxylic acids is 1. The zero-order valence-corrected chi connectivity index (χ0v) is 17.0. The maximum atomic E-state index is 13.3. The standard InChI is InChI=1S/C22H18FN5O4/c1-2-32-21(30)18-10-28-19(25-18)15(14-7-13(14)11-3-5-12(23)6-4-11)8-17(27-28)16-9-24-22(31)26-20(16)29/h3-6,8-10,13-14H,2,7H2,1H3,(H2,24,26,29,31)/t13-,14+/m1/s1. The second-order valence-corrected chi connectivity index (χ2v) is 7.59. The summed E-state index contributed by atoms with van der Waals surface area (Å²) in [6, 6.07) is 8.09. The fraction of sp³-hybridized carbons (Fsp3) is 0.227. The monoisotopic (exact) mass is 435 g/mol. The molecule has 32 heavy (non-hydrogen) atoms. The summed E-state index contributed by atoms with van der Waals surface area (Å²) < 4.78 is 19.8. The zero-order valence-electron chi connectivity index (χ0n) is 17.0. The SMILES string of the molecule is CCOC(=O)c1cn2nc(-c3c[nH]c(=O)[nH]c3=O)cc([C@H]3C[C@@H]3c3ccc(F)cc3)c2n1. The van der Waals surface area contributed by atoms with E-state index in [1.54, 1.807) is 25.1 Å². The summed E-state index contributed by atoms with van der Waals surface area (Å²) in [5.41, 5.74) is 1.67.